The van der Waals surface area contributed by atoms with Crippen molar-refractivity contribution in [2.45, 2.75) is 6.92 Å². The summed E-state index contributed by atoms with van der Waals surface area (Å²) in [5.41, 5.74) is 6.42. The van der Waals surface area contributed by atoms with Gasteiger partial charge in [0, 0.05) is 18.9 Å². The second-order valence-electron chi connectivity index (χ2n) is 2.70. The van der Waals surface area contributed by atoms with E-state index in [1.807, 2.05) is 17.5 Å². The molecule has 2 heterocycles. The number of rotatable bonds is 2. The summed E-state index contributed by atoms with van der Waals surface area (Å²) in [7, 11) is 0. The average Bonchev–Trinajstić information content (AvgIpc) is 2.52. The van der Waals surface area contributed by atoms with Crippen LogP contribution in [0.1, 0.15) is 6.92 Å². The highest BCUT2D eigenvalue weighted by Crippen LogP contribution is 2.13. The lowest BCUT2D eigenvalue weighted by Gasteiger charge is -2.04. The third-order valence-electron chi connectivity index (χ3n) is 1.74. The molecule has 0 aliphatic rings. The molecule has 5 heteroatoms. The Hall–Kier alpha value is -1.78. The molecular weight excluding hydrogens is 166 g/mol. The Bertz CT molecular complexity index is 419. The van der Waals surface area contributed by atoms with Crippen molar-refractivity contribution in [3.05, 3.63) is 18.6 Å². The maximum atomic E-state index is 5.61. The van der Waals surface area contributed by atoms with Crippen molar-refractivity contribution in [3.8, 4) is 0 Å². The predicted molar refractivity (Wildman–Crippen MR) is 51.6 cm³/mol. The first kappa shape index (κ1) is 7.85. The SMILES string of the molecule is CCNc1nc(N)cn2ccnc12. The highest BCUT2D eigenvalue weighted by molar-refractivity contribution is 5.64. The normalized spacial score (nSPS) is 10.5. The zero-order valence-electron chi connectivity index (χ0n) is 7.36. The van der Waals surface area contributed by atoms with Gasteiger partial charge in [-0.05, 0) is 6.92 Å². The van der Waals surface area contributed by atoms with Crippen molar-refractivity contribution in [1.82, 2.24) is 14.4 Å². The Morgan fingerprint density at radius 1 is 1.62 bits per heavy atom. The van der Waals surface area contributed by atoms with Gasteiger partial charge in [0.25, 0.3) is 0 Å². The molecule has 2 rings (SSSR count). The van der Waals surface area contributed by atoms with E-state index in [1.165, 1.54) is 0 Å². The number of hydrogen-bond donors (Lipinski definition) is 2. The van der Waals surface area contributed by atoms with Crippen molar-refractivity contribution < 1.29 is 0 Å². The Labute approximate surface area is 75.6 Å². The second kappa shape index (κ2) is 2.93. The van der Waals surface area contributed by atoms with Crippen molar-refractivity contribution >= 4 is 17.3 Å². The number of imidazole rings is 1. The topological polar surface area (TPSA) is 68.2 Å². The standard InChI is InChI=1S/C8H11N5/c1-2-10-7-8-11-3-4-13(8)5-6(9)12-7/h3-5H,2,9H2,1H3,(H,10,12). The molecule has 0 aromatic carbocycles. The van der Waals surface area contributed by atoms with Crippen molar-refractivity contribution in [2.24, 2.45) is 0 Å². The number of nitrogens with zero attached hydrogens (tertiary/aromatic N) is 3. The molecule has 0 radical (unpaired) electrons. The van der Waals surface area contributed by atoms with Crippen LogP contribution in [0.15, 0.2) is 18.6 Å². The van der Waals surface area contributed by atoms with E-state index >= 15 is 0 Å². The fourth-order valence-corrected chi connectivity index (χ4v) is 1.24. The summed E-state index contributed by atoms with van der Waals surface area (Å²) in [4.78, 5) is 8.31. The fraction of sp³-hybridized carbons (Fsp3) is 0.250. The smallest absolute Gasteiger partial charge is 0.180 e. The van der Waals surface area contributed by atoms with E-state index in [0.29, 0.717) is 5.82 Å². The first-order valence-corrected chi connectivity index (χ1v) is 4.14. The fourth-order valence-electron chi connectivity index (χ4n) is 1.24. The molecular formula is C8H11N5. The number of hydrogen-bond acceptors (Lipinski definition) is 4. The third kappa shape index (κ3) is 1.28. The lowest BCUT2D eigenvalue weighted by molar-refractivity contribution is 1.10. The minimum atomic E-state index is 0.487. The lowest BCUT2D eigenvalue weighted by atomic mass is 10.5. The van der Waals surface area contributed by atoms with E-state index in [1.54, 1.807) is 12.4 Å². The molecule has 2 aromatic heterocycles. The van der Waals surface area contributed by atoms with Gasteiger partial charge in [-0.2, -0.15) is 0 Å². The lowest BCUT2D eigenvalue weighted by Crippen LogP contribution is -2.04. The summed E-state index contributed by atoms with van der Waals surface area (Å²) in [6.45, 7) is 2.81. The summed E-state index contributed by atoms with van der Waals surface area (Å²) in [5.74, 6) is 1.22. The first-order valence-electron chi connectivity index (χ1n) is 4.14. The summed E-state index contributed by atoms with van der Waals surface area (Å²) < 4.78 is 1.85. The molecule has 0 amide bonds. The number of anilines is 2. The van der Waals surface area contributed by atoms with E-state index in [2.05, 4.69) is 15.3 Å². The summed E-state index contributed by atoms with van der Waals surface area (Å²) in [5, 5.41) is 3.10. The van der Waals surface area contributed by atoms with E-state index in [-0.39, 0.29) is 0 Å². The Morgan fingerprint density at radius 2 is 2.46 bits per heavy atom. The molecule has 0 saturated carbocycles. The highest BCUT2D eigenvalue weighted by atomic mass is 15.1. The molecule has 0 fully saturated rings. The monoisotopic (exact) mass is 177 g/mol. The van der Waals surface area contributed by atoms with Gasteiger partial charge in [-0.3, -0.25) is 0 Å². The Kier molecular flexibility index (Phi) is 1.77. The third-order valence-corrected chi connectivity index (χ3v) is 1.74. The van der Waals surface area contributed by atoms with Gasteiger partial charge in [0.2, 0.25) is 0 Å². The molecule has 5 nitrogen and oxygen atoms in total. The van der Waals surface area contributed by atoms with Gasteiger partial charge in [0.05, 0.1) is 6.20 Å². The molecule has 0 aliphatic carbocycles. The Morgan fingerprint density at radius 3 is 3.23 bits per heavy atom. The maximum absolute atomic E-state index is 5.61. The zero-order chi connectivity index (χ0) is 9.26. The van der Waals surface area contributed by atoms with Crippen LogP contribution >= 0.6 is 0 Å². The van der Waals surface area contributed by atoms with E-state index in [9.17, 15) is 0 Å². The van der Waals surface area contributed by atoms with Crippen LogP contribution in [-0.2, 0) is 0 Å². The minimum Gasteiger partial charge on any atom is -0.382 e. The van der Waals surface area contributed by atoms with Crippen LogP contribution in [0, 0.1) is 0 Å². The van der Waals surface area contributed by atoms with Crippen LogP contribution in [0.25, 0.3) is 5.65 Å². The summed E-state index contributed by atoms with van der Waals surface area (Å²) in [6.07, 6.45) is 5.30. The number of nitrogens with two attached hydrogens (primary N) is 1. The van der Waals surface area contributed by atoms with Crippen LogP contribution < -0.4 is 11.1 Å². The van der Waals surface area contributed by atoms with Crippen LogP contribution in [0.5, 0.6) is 0 Å². The maximum Gasteiger partial charge on any atom is 0.180 e. The molecule has 13 heavy (non-hydrogen) atoms. The van der Waals surface area contributed by atoms with Gasteiger partial charge in [-0.15, -0.1) is 0 Å². The van der Waals surface area contributed by atoms with Crippen molar-refractivity contribution in [2.75, 3.05) is 17.6 Å². The quantitative estimate of drug-likeness (QED) is 0.710. The minimum absolute atomic E-state index is 0.487. The number of fused-ring (bicyclic) bond motifs is 1. The van der Waals surface area contributed by atoms with Gasteiger partial charge in [-0.1, -0.05) is 0 Å². The largest absolute Gasteiger partial charge is 0.382 e. The summed E-state index contributed by atoms with van der Waals surface area (Å²) in [6, 6.07) is 0. The summed E-state index contributed by atoms with van der Waals surface area (Å²) >= 11 is 0. The van der Waals surface area contributed by atoms with Gasteiger partial charge in [0.15, 0.2) is 11.5 Å². The van der Waals surface area contributed by atoms with E-state index < -0.39 is 0 Å². The number of aromatic nitrogens is 3. The van der Waals surface area contributed by atoms with E-state index in [0.717, 1.165) is 18.0 Å². The first-order chi connectivity index (χ1) is 6.31. The van der Waals surface area contributed by atoms with E-state index in [4.69, 9.17) is 5.73 Å². The average molecular weight is 177 g/mol. The zero-order valence-corrected chi connectivity index (χ0v) is 7.36. The molecule has 0 unspecified atom stereocenters. The number of nitrogen functional groups attached to an aromatic ring is 1. The Balaban J connectivity index is 2.63. The second-order valence-corrected chi connectivity index (χ2v) is 2.70. The molecule has 0 spiro atoms. The van der Waals surface area contributed by atoms with Gasteiger partial charge < -0.3 is 15.5 Å². The number of nitrogens with one attached hydrogen (secondary N) is 1. The van der Waals surface area contributed by atoms with Gasteiger partial charge >= 0.3 is 0 Å². The molecule has 3 N–H and O–H groups in total. The van der Waals surface area contributed by atoms with Crippen LogP contribution in [0.2, 0.25) is 0 Å². The molecule has 0 aliphatic heterocycles. The van der Waals surface area contributed by atoms with Crippen molar-refractivity contribution in [1.29, 1.82) is 0 Å². The predicted octanol–water partition coefficient (Wildman–Crippen LogP) is 0.743. The molecule has 2 aromatic rings. The van der Waals surface area contributed by atoms with Crippen LogP contribution in [-0.4, -0.2) is 20.9 Å². The molecule has 0 saturated heterocycles. The van der Waals surface area contributed by atoms with Gasteiger partial charge in [-0.25, -0.2) is 9.97 Å². The van der Waals surface area contributed by atoms with Crippen LogP contribution in [0.3, 0.4) is 0 Å². The molecule has 0 atom stereocenters. The highest BCUT2D eigenvalue weighted by Gasteiger charge is 2.03. The van der Waals surface area contributed by atoms with Gasteiger partial charge in [0.1, 0.15) is 5.82 Å². The molecule has 0 bridgehead atoms. The molecule has 68 valence electrons. The van der Waals surface area contributed by atoms with Crippen molar-refractivity contribution in [3.63, 3.8) is 0 Å². The van der Waals surface area contributed by atoms with Crippen LogP contribution in [0.4, 0.5) is 11.6 Å².